The van der Waals surface area contributed by atoms with E-state index in [9.17, 15) is 14.4 Å². The number of benzene rings is 1. The van der Waals surface area contributed by atoms with Crippen molar-refractivity contribution in [1.82, 2.24) is 19.8 Å². The van der Waals surface area contributed by atoms with E-state index in [0.717, 1.165) is 0 Å². The first kappa shape index (κ1) is 19.6. The zero-order chi connectivity index (χ0) is 21.3. The van der Waals surface area contributed by atoms with Crippen molar-refractivity contribution in [2.24, 2.45) is 0 Å². The van der Waals surface area contributed by atoms with Gasteiger partial charge in [0.2, 0.25) is 0 Å². The Morgan fingerprint density at radius 3 is 2.60 bits per heavy atom. The predicted octanol–water partition coefficient (Wildman–Crippen LogP) is 2.13. The van der Waals surface area contributed by atoms with Gasteiger partial charge in [0.15, 0.2) is 0 Å². The number of fused-ring (bicyclic) bond motifs is 1. The van der Waals surface area contributed by atoms with Gasteiger partial charge in [-0.1, -0.05) is 18.2 Å². The summed E-state index contributed by atoms with van der Waals surface area (Å²) < 4.78 is 5.28. The molecule has 1 saturated heterocycles. The van der Waals surface area contributed by atoms with Gasteiger partial charge in [-0.3, -0.25) is 14.4 Å². The Kier molecular flexibility index (Phi) is 5.22. The van der Waals surface area contributed by atoms with Gasteiger partial charge in [0.1, 0.15) is 11.4 Å². The number of aromatic nitrogens is 2. The number of rotatable bonds is 4. The van der Waals surface area contributed by atoms with Gasteiger partial charge in [-0.15, -0.1) is 0 Å². The predicted molar refractivity (Wildman–Crippen MR) is 110 cm³/mol. The summed E-state index contributed by atoms with van der Waals surface area (Å²) in [7, 11) is 1.53. The van der Waals surface area contributed by atoms with Crippen LogP contribution in [0.25, 0.3) is 11.0 Å². The minimum atomic E-state index is -0.635. The van der Waals surface area contributed by atoms with E-state index >= 15 is 0 Å². The minimum absolute atomic E-state index is 0.0744. The van der Waals surface area contributed by atoms with Crippen LogP contribution in [0.15, 0.2) is 48.7 Å². The van der Waals surface area contributed by atoms with Crippen molar-refractivity contribution in [2.45, 2.75) is 13.0 Å². The lowest BCUT2D eigenvalue weighted by atomic mass is 10.1. The Morgan fingerprint density at radius 2 is 1.90 bits per heavy atom. The van der Waals surface area contributed by atoms with Gasteiger partial charge in [-0.2, -0.15) is 0 Å². The van der Waals surface area contributed by atoms with E-state index in [2.05, 4.69) is 9.97 Å². The molecule has 1 N–H and O–H groups in total. The second-order valence-corrected chi connectivity index (χ2v) is 7.25. The van der Waals surface area contributed by atoms with Crippen LogP contribution in [0.5, 0.6) is 5.75 Å². The van der Waals surface area contributed by atoms with E-state index in [-0.39, 0.29) is 17.6 Å². The molecule has 3 heterocycles. The molecule has 0 aliphatic carbocycles. The SMILES string of the molecule is COc1ccnc2[nH]c(C(=O)C(=O)N3CCN(C(=O)c4ccccc4)C[C@H]3C)cc12. The lowest BCUT2D eigenvalue weighted by molar-refractivity contribution is -0.130. The van der Waals surface area contributed by atoms with Gasteiger partial charge in [0.05, 0.1) is 18.2 Å². The number of hydrogen-bond donors (Lipinski definition) is 1. The summed E-state index contributed by atoms with van der Waals surface area (Å²) in [5.74, 6) is -0.733. The summed E-state index contributed by atoms with van der Waals surface area (Å²) in [6.45, 7) is 2.88. The molecule has 4 rings (SSSR count). The van der Waals surface area contributed by atoms with Gasteiger partial charge in [0.25, 0.3) is 17.6 Å². The van der Waals surface area contributed by atoms with Crippen molar-refractivity contribution in [3.8, 4) is 5.75 Å². The molecule has 8 heteroatoms. The summed E-state index contributed by atoms with van der Waals surface area (Å²) in [6, 6.07) is 12.0. The highest BCUT2D eigenvalue weighted by molar-refractivity contribution is 6.42. The lowest BCUT2D eigenvalue weighted by Gasteiger charge is -2.39. The molecular weight excluding hydrogens is 384 g/mol. The topological polar surface area (TPSA) is 95.6 Å². The molecule has 0 radical (unpaired) electrons. The number of Topliss-reactive ketones (excluding diaryl/α,β-unsaturated/α-hetero) is 1. The quantitative estimate of drug-likeness (QED) is 0.529. The molecule has 30 heavy (non-hydrogen) atoms. The number of carbonyl (C=O) groups is 3. The molecule has 1 aliphatic rings. The molecule has 154 valence electrons. The van der Waals surface area contributed by atoms with Crippen molar-refractivity contribution < 1.29 is 19.1 Å². The van der Waals surface area contributed by atoms with Crippen LogP contribution in [0.2, 0.25) is 0 Å². The molecule has 8 nitrogen and oxygen atoms in total. The molecule has 0 saturated carbocycles. The number of ketones is 1. The summed E-state index contributed by atoms with van der Waals surface area (Å²) >= 11 is 0. The van der Waals surface area contributed by atoms with Crippen LogP contribution in [0.4, 0.5) is 0 Å². The number of hydrogen-bond acceptors (Lipinski definition) is 5. The first-order valence-electron chi connectivity index (χ1n) is 9.71. The standard InChI is InChI=1S/C22H22N4O4/c1-14-13-25(21(28)15-6-4-3-5-7-15)10-11-26(14)22(29)19(27)17-12-16-18(30-2)8-9-23-20(16)24-17/h3-9,12,14H,10-11,13H2,1-2H3,(H,23,24)/t14-/m1/s1. The molecule has 1 aromatic carbocycles. The van der Waals surface area contributed by atoms with Crippen LogP contribution in [0.3, 0.4) is 0 Å². The van der Waals surface area contributed by atoms with Gasteiger partial charge in [0, 0.05) is 37.4 Å². The number of aromatic amines is 1. The van der Waals surface area contributed by atoms with Crippen LogP contribution in [-0.2, 0) is 4.79 Å². The maximum absolute atomic E-state index is 12.9. The largest absolute Gasteiger partial charge is 0.496 e. The van der Waals surface area contributed by atoms with Crippen molar-refractivity contribution in [3.05, 3.63) is 59.9 Å². The number of nitrogens with zero attached hydrogens (tertiary/aromatic N) is 3. The van der Waals surface area contributed by atoms with E-state index in [1.807, 2.05) is 25.1 Å². The van der Waals surface area contributed by atoms with Crippen LogP contribution in [0.1, 0.15) is 27.8 Å². The van der Waals surface area contributed by atoms with E-state index < -0.39 is 11.7 Å². The second kappa shape index (κ2) is 7.98. The fourth-order valence-corrected chi connectivity index (χ4v) is 3.76. The number of nitrogens with one attached hydrogen (secondary N) is 1. The van der Waals surface area contributed by atoms with Gasteiger partial charge in [-0.25, -0.2) is 4.98 Å². The summed E-state index contributed by atoms with van der Waals surface area (Å²) in [5, 5.41) is 0.641. The van der Waals surface area contributed by atoms with E-state index in [1.54, 1.807) is 35.4 Å². The summed E-state index contributed by atoms with van der Waals surface area (Å²) in [5.41, 5.74) is 1.26. The molecule has 2 amide bonds. The van der Waals surface area contributed by atoms with Gasteiger partial charge < -0.3 is 19.5 Å². The number of amides is 2. The number of methoxy groups -OCH3 is 1. The molecule has 1 atom stereocenters. The zero-order valence-electron chi connectivity index (χ0n) is 16.8. The molecule has 1 fully saturated rings. The third kappa shape index (κ3) is 3.52. The summed E-state index contributed by atoms with van der Waals surface area (Å²) in [4.78, 5) is 48.7. The Morgan fingerprint density at radius 1 is 1.13 bits per heavy atom. The molecule has 2 aromatic heterocycles. The number of carbonyl (C=O) groups excluding carboxylic acids is 3. The highest BCUT2D eigenvalue weighted by Crippen LogP contribution is 2.25. The van der Waals surface area contributed by atoms with Gasteiger partial charge in [-0.05, 0) is 31.2 Å². The highest BCUT2D eigenvalue weighted by Gasteiger charge is 2.34. The third-order valence-electron chi connectivity index (χ3n) is 5.35. The highest BCUT2D eigenvalue weighted by atomic mass is 16.5. The number of pyridine rings is 1. The lowest BCUT2D eigenvalue weighted by Crippen LogP contribution is -2.56. The molecular formula is C22H22N4O4. The molecule has 1 aliphatic heterocycles. The van der Waals surface area contributed by atoms with Crippen LogP contribution < -0.4 is 4.74 Å². The van der Waals surface area contributed by atoms with E-state index in [1.165, 1.54) is 12.0 Å². The normalized spacial score (nSPS) is 16.5. The summed E-state index contributed by atoms with van der Waals surface area (Å²) in [6.07, 6.45) is 1.57. The Hall–Kier alpha value is -3.68. The maximum Gasteiger partial charge on any atom is 0.296 e. The van der Waals surface area contributed by atoms with Crippen LogP contribution >= 0.6 is 0 Å². The van der Waals surface area contributed by atoms with Crippen molar-refractivity contribution in [1.29, 1.82) is 0 Å². The molecule has 3 aromatic rings. The number of ether oxygens (including phenoxy) is 1. The van der Waals surface area contributed by atoms with Crippen molar-refractivity contribution >= 4 is 28.6 Å². The Labute approximate surface area is 173 Å². The monoisotopic (exact) mass is 406 g/mol. The molecule has 0 bridgehead atoms. The van der Waals surface area contributed by atoms with E-state index in [4.69, 9.17) is 4.74 Å². The smallest absolute Gasteiger partial charge is 0.296 e. The fraction of sp³-hybridized carbons (Fsp3) is 0.273. The van der Waals surface area contributed by atoms with Gasteiger partial charge >= 0.3 is 0 Å². The first-order chi connectivity index (χ1) is 14.5. The minimum Gasteiger partial charge on any atom is -0.496 e. The third-order valence-corrected chi connectivity index (χ3v) is 5.35. The van der Waals surface area contributed by atoms with Crippen molar-refractivity contribution in [2.75, 3.05) is 26.7 Å². The first-order valence-corrected chi connectivity index (χ1v) is 9.71. The Bertz CT molecular complexity index is 1110. The molecule has 0 spiro atoms. The number of piperazine rings is 1. The average molecular weight is 406 g/mol. The van der Waals surface area contributed by atoms with E-state index in [0.29, 0.717) is 42.0 Å². The second-order valence-electron chi connectivity index (χ2n) is 7.25. The van der Waals surface area contributed by atoms with Crippen LogP contribution in [0, 0.1) is 0 Å². The zero-order valence-corrected chi connectivity index (χ0v) is 16.8. The molecule has 0 unspecified atom stereocenters. The average Bonchev–Trinajstić information content (AvgIpc) is 3.22. The Balaban J connectivity index is 1.48. The van der Waals surface area contributed by atoms with Crippen molar-refractivity contribution in [3.63, 3.8) is 0 Å². The van der Waals surface area contributed by atoms with Crippen LogP contribution in [-0.4, -0.2) is 70.2 Å². The fourth-order valence-electron chi connectivity index (χ4n) is 3.76. The maximum atomic E-state index is 12.9. The number of H-pyrrole nitrogens is 1.